The van der Waals surface area contributed by atoms with Gasteiger partial charge in [0.15, 0.2) is 0 Å². The van der Waals surface area contributed by atoms with Gasteiger partial charge in [-0.05, 0) is 0 Å². The van der Waals surface area contributed by atoms with E-state index in [2.05, 4.69) is 0 Å². The summed E-state index contributed by atoms with van der Waals surface area (Å²) in [6.07, 6.45) is 0. The van der Waals surface area contributed by atoms with E-state index in [1.54, 1.807) is 0 Å². The molecule has 0 saturated heterocycles. The van der Waals surface area contributed by atoms with Crippen LogP contribution in [0, 0.1) is 41.7 Å². The molecule has 0 rings (SSSR count). The fourth-order valence-corrected chi connectivity index (χ4v) is 0. The van der Waals surface area contributed by atoms with Gasteiger partial charge < -0.3 is 0 Å². The van der Waals surface area contributed by atoms with Gasteiger partial charge in [-0.3, -0.25) is 0 Å². The first-order valence-corrected chi connectivity index (χ1v) is 0. The van der Waals surface area contributed by atoms with E-state index in [1.165, 1.54) is 0 Å². The molecule has 0 N–H and O–H groups in total. The van der Waals surface area contributed by atoms with Crippen molar-refractivity contribution in [3.8, 4) is 0 Å². The Morgan fingerprint density at radius 3 is 1.00 bits per heavy atom. The monoisotopic (exact) mass is 231 g/mol. The van der Waals surface area contributed by atoms with Crippen LogP contribution in [0.4, 0.5) is 4.70 Å². The summed E-state index contributed by atoms with van der Waals surface area (Å²) in [7, 11) is 0. The van der Waals surface area contributed by atoms with Gasteiger partial charge in [-0.2, -0.15) is 0 Å². The predicted molar refractivity (Wildman–Crippen MR) is 7.84 cm³/mol. The zero-order valence-corrected chi connectivity index (χ0v) is 5.48. The van der Waals surface area contributed by atoms with E-state index < -0.39 is 0 Å². The number of halogens is 1. The molecule has 0 fully saturated rings. The molecule has 0 aliphatic rings. The van der Waals surface area contributed by atoms with Crippen LogP contribution < -0.4 is 0 Å². The van der Waals surface area contributed by atoms with Crippen molar-refractivity contribution < 1.29 is 63.5 Å². The topological polar surface area (TPSA) is 0 Å². The molecule has 0 unspecified atom stereocenters. The van der Waals surface area contributed by atoms with Crippen LogP contribution in [0.25, 0.3) is 0 Å². The Labute approximate surface area is 69.9 Å². The van der Waals surface area contributed by atoms with Crippen LogP contribution in [0.5, 0.6) is 0 Å². The van der Waals surface area contributed by atoms with Crippen LogP contribution in [0.15, 0.2) is 0 Å². The van der Waals surface area contributed by atoms with Gasteiger partial charge in [0.05, 0.1) is 0 Å². The smallest absolute Gasteiger partial charge is 0 e. The summed E-state index contributed by atoms with van der Waals surface area (Å²) < 4.78 is 0. The standard InChI is InChI=1S/CH4.Ce.F.Fe/h1H4;;;. The molecular formula is CH4CeFFe. The molecule has 0 nitrogen and oxygen atoms in total. The first kappa shape index (κ1) is 40.7. The summed E-state index contributed by atoms with van der Waals surface area (Å²) in [6, 6.07) is 0. The largest absolute Gasteiger partial charge is 0.0776 e. The molecule has 3 heteroatoms. The third-order valence-electron chi connectivity index (χ3n) is 0. The minimum absolute atomic E-state index is 0. The third-order valence-corrected chi connectivity index (χ3v) is 0. The van der Waals surface area contributed by atoms with Gasteiger partial charge in [-0.25, -0.2) is 0 Å². The first-order chi connectivity index (χ1) is 0. The third kappa shape index (κ3) is 9.16. The van der Waals surface area contributed by atoms with E-state index >= 15 is 0 Å². The average Bonchev–Trinajstić information content (AvgIpc) is 0. The zero-order chi connectivity index (χ0) is 0. The normalized spacial score (nSPS) is 0. The molecule has 1 radical (unpaired) electrons. The molecule has 0 bridgehead atoms. The summed E-state index contributed by atoms with van der Waals surface area (Å²) >= 11 is 0. The molecule has 0 amide bonds. The maximum atomic E-state index is 0. The quantitative estimate of drug-likeness (QED) is 0.546. The molecule has 0 aromatic rings. The maximum Gasteiger partial charge on any atom is 0 e. The van der Waals surface area contributed by atoms with Crippen molar-refractivity contribution >= 4 is 0 Å². The molecule has 0 spiro atoms. The predicted octanol–water partition coefficient (Wildman–Crippen LogP) is 1.05. The van der Waals surface area contributed by atoms with E-state index in [0.29, 0.717) is 0 Å². The first-order valence-electron chi connectivity index (χ1n) is 0. The van der Waals surface area contributed by atoms with Crippen LogP contribution in [-0.2, 0) is 17.1 Å². The molecule has 0 atom stereocenters. The summed E-state index contributed by atoms with van der Waals surface area (Å²) in [5.41, 5.74) is 0. The molecule has 0 aliphatic carbocycles. The van der Waals surface area contributed by atoms with E-state index in [1.807, 2.05) is 0 Å². The molecule has 4 heavy (non-hydrogen) atoms. The van der Waals surface area contributed by atoms with Crippen LogP contribution in [0.2, 0.25) is 0 Å². The molecule has 0 aromatic heterocycles. The van der Waals surface area contributed by atoms with Gasteiger partial charge in [-0.15, -0.1) is 0 Å². The SMILES string of the molecule is C.[Ce].[F].[Fe]. The minimum Gasteiger partial charge on any atom is -0.0776 e. The van der Waals surface area contributed by atoms with Crippen molar-refractivity contribution in [2.75, 3.05) is 0 Å². The molecule has 0 aliphatic heterocycles. The van der Waals surface area contributed by atoms with Crippen LogP contribution in [0.1, 0.15) is 7.43 Å². The van der Waals surface area contributed by atoms with Crippen molar-refractivity contribution in [1.29, 1.82) is 0 Å². The van der Waals surface area contributed by atoms with Gasteiger partial charge in [0, 0.05) is 63.5 Å². The van der Waals surface area contributed by atoms with E-state index in [4.69, 9.17) is 0 Å². The van der Waals surface area contributed by atoms with Crippen molar-refractivity contribution in [1.82, 2.24) is 0 Å². The van der Waals surface area contributed by atoms with Crippen molar-refractivity contribution in [3.63, 3.8) is 0 Å². The second kappa shape index (κ2) is 21.2. The maximum absolute atomic E-state index is 0. The minimum atomic E-state index is 0. The number of rotatable bonds is 0. The van der Waals surface area contributed by atoms with Crippen LogP contribution >= 0.6 is 0 Å². The molecule has 0 saturated carbocycles. The van der Waals surface area contributed by atoms with E-state index in [-0.39, 0.29) is 70.9 Å². The Hall–Kier alpha value is 1.83. The van der Waals surface area contributed by atoms with E-state index in [0.717, 1.165) is 0 Å². The number of hydrogen-bond donors (Lipinski definition) is 0. The second-order valence-corrected chi connectivity index (χ2v) is 0. The van der Waals surface area contributed by atoms with Gasteiger partial charge in [0.25, 0.3) is 0 Å². The fraction of sp³-hybridized carbons (Fsp3) is 1.00. The average molecular weight is 231 g/mol. The van der Waals surface area contributed by atoms with Gasteiger partial charge in [-0.1, -0.05) is 7.43 Å². The Balaban J connectivity index is 0. The summed E-state index contributed by atoms with van der Waals surface area (Å²) in [5, 5.41) is 0. The molecule has 27 valence electrons. The Kier molecular flexibility index (Phi) is 216. The van der Waals surface area contributed by atoms with Crippen LogP contribution in [0.3, 0.4) is 0 Å². The van der Waals surface area contributed by atoms with Crippen LogP contribution in [-0.4, -0.2) is 0 Å². The Morgan fingerprint density at radius 2 is 1.00 bits per heavy atom. The van der Waals surface area contributed by atoms with Crippen molar-refractivity contribution in [2.24, 2.45) is 0 Å². The molecular weight excluding hydrogens is 227 g/mol. The summed E-state index contributed by atoms with van der Waals surface area (Å²) in [5.74, 6) is 0. The second-order valence-electron chi connectivity index (χ2n) is 0. The zero-order valence-electron chi connectivity index (χ0n) is 1.23. The van der Waals surface area contributed by atoms with E-state index in [9.17, 15) is 0 Å². The Morgan fingerprint density at radius 1 is 1.00 bits per heavy atom. The fourth-order valence-electron chi connectivity index (χ4n) is 0. The van der Waals surface area contributed by atoms with Gasteiger partial charge >= 0.3 is 0 Å². The van der Waals surface area contributed by atoms with Gasteiger partial charge in [0.1, 0.15) is 0 Å². The van der Waals surface area contributed by atoms with Gasteiger partial charge in [0.2, 0.25) is 0 Å². The molecule has 0 aromatic carbocycles. The van der Waals surface area contributed by atoms with Crippen molar-refractivity contribution in [2.45, 2.75) is 7.43 Å². The summed E-state index contributed by atoms with van der Waals surface area (Å²) in [4.78, 5) is 0. The Bertz CT molecular complexity index is 8.00. The summed E-state index contributed by atoms with van der Waals surface area (Å²) in [6.45, 7) is 0. The molecule has 0 heterocycles. The van der Waals surface area contributed by atoms with Crippen molar-refractivity contribution in [3.05, 3.63) is 0 Å². The number of hydrogen-bond acceptors (Lipinski definition) is 0.